The second kappa shape index (κ2) is 6.52. The second-order valence-electron chi connectivity index (χ2n) is 5.95. The van der Waals surface area contributed by atoms with Crippen molar-refractivity contribution in [1.29, 1.82) is 0 Å². The van der Waals surface area contributed by atoms with Crippen molar-refractivity contribution in [2.75, 3.05) is 13.7 Å². The Morgan fingerprint density at radius 2 is 2.36 bits per heavy atom. The Morgan fingerprint density at radius 3 is 3.08 bits per heavy atom. The molecule has 0 radical (unpaired) electrons. The SMILES string of the molecule is COCCC(=O)N1Cc2cc(-c3ccn[nH]3)ccc2C1c1cnco1. The molecule has 3 heterocycles. The van der Waals surface area contributed by atoms with Gasteiger partial charge in [-0.2, -0.15) is 5.10 Å². The normalized spacial score (nSPS) is 16.2. The number of methoxy groups -OCH3 is 1. The fourth-order valence-electron chi connectivity index (χ4n) is 3.27. The van der Waals surface area contributed by atoms with Crippen LogP contribution in [-0.2, 0) is 16.1 Å². The van der Waals surface area contributed by atoms with E-state index in [-0.39, 0.29) is 11.9 Å². The maximum Gasteiger partial charge on any atom is 0.226 e. The molecule has 7 heteroatoms. The largest absolute Gasteiger partial charge is 0.446 e. The maximum absolute atomic E-state index is 12.7. The predicted octanol–water partition coefficient (Wildman–Crippen LogP) is 2.53. The first kappa shape index (κ1) is 15.6. The van der Waals surface area contributed by atoms with Crippen LogP contribution in [0.15, 0.2) is 47.5 Å². The van der Waals surface area contributed by atoms with Crippen LogP contribution in [0.25, 0.3) is 11.3 Å². The minimum absolute atomic E-state index is 0.0301. The average Bonchev–Trinajstić information content (AvgIpc) is 3.38. The van der Waals surface area contributed by atoms with Crippen molar-refractivity contribution in [2.45, 2.75) is 19.0 Å². The van der Waals surface area contributed by atoms with Crippen LogP contribution in [0.1, 0.15) is 29.3 Å². The molecule has 1 unspecified atom stereocenters. The number of H-pyrrole nitrogens is 1. The summed E-state index contributed by atoms with van der Waals surface area (Å²) < 4.78 is 10.6. The molecule has 1 aliphatic rings. The van der Waals surface area contributed by atoms with Crippen molar-refractivity contribution in [1.82, 2.24) is 20.1 Å². The van der Waals surface area contributed by atoms with Gasteiger partial charge in [0.25, 0.3) is 0 Å². The zero-order valence-electron chi connectivity index (χ0n) is 13.8. The van der Waals surface area contributed by atoms with Crippen molar-refractivity contribution < 1.29 is 13.9 Å². The van der Waals surface area contributed by atoms with Crippen molar-refractivity contribution in [2.24, 2.45) is 0 Å². The zero-order valence-corrected chi connectivity index (χ0v) is 13.8. The molecule has 128 valence electrons. The Balaban J connectivity index is 1.71. The van der Waals surface area contributed by atoms with E-state index in [1.807, 2.05) is 23.1 Å². The number of ether oxygens (including phenoxy) is 1. The molecular formula is C18H18N4O3. The Hall–Kier alpha value is -2.93. The Labute approximate surface area is 144 Å². The number of aromatic amines is 1. The topological polar surface area (TPSA) is 84.2 Å². The van der Waals surface area contributed by atoms with Crippen molar-refractivity contribution in [3.63, 3.8) is 0 Å². The molecule has 1 amide bonds. The van der Waals surface area contributed by atoms with Gasteiger partial charge in [-0.05, 0) is 28.8 Å². The Morgan fingerprint density at radius 1 is 1.44 bits per heavy atom. The minimum Gasteiger partial charge on any atom is -0.446 e. The molecule has 7 nitrogen and oxygen atoms in total. The summed E-state index contributed by atoms with van der Waals surface area (Å²) in [6.07, 6.45) is 5.12. The fraction of sp³-hybridized carbons (Fsp3) is 0.278. The van der Waals surface area contributed by atoms with Crippen LogP contribution in [0, 0.1) is 0 Å². The van der Waals surface area contributed by atoms with E-state index >= 15 is 0 Å². The summed E-state index contributed by atoms with van der Waals surface area (Å²) in [5.74, 6) is 0.696. The van der Waals surface area contributed by atoms with E-state index in [0.29, 0.717) is 25.3 Å². The lowest BCUT2D eigenvalue weighted by Gasteiger charge is -2.23. The Bertz CT molecular complexity index is 859. The maximum atomic E-state index is 12.7. The van der Waals surface area contributed by atoms with Gasteiger partial charge in [-0.1, -0.05) is 12.1 Å². The molecule has 0 saturated heterocycles. The van der Waals surface area contributed by atoms with Gasteiger partial charge < -0.3 is 14.1 Å². The first-order chi connectivity index (χ1) is 12.3. The van der Waals surface area contributed by atoms with E-state index in [0.717, 1.165) is 22.4 Å². The highest BCUT2D eigenvalue weighted by Crippen LogP contribution is 2.40. The first-order valence-corrected chi connectivity index (χ1v) is 8.07. The minimum atomic E-state index is -0.252. The van der Waals surface area contributed by atoms with Gasteiger partial charge in [0.15, 0.2) is 12.2 Å². The van der Waals surface area contributed by atoms with Gasteiger partial charge in [-0.15, -0.1) is 0 Å². The van der Waals surface area contributed by atoms with Crippen molar-refractivity contribution in [3.8, 4) is 11.3 Å². The highest BCUT2D eigenvalue weighted by atomic mass is 16.5. The van der Waals surface area contributed by atoms with Gasteiger partial charge in [-0.25, -0.2) is 4.98 Å². The standard InChI is InChI=1S/C18H18N4O3/c1-24-7-5-17(23)22-10-13-8-12(15-4-6-20-21-15)2-3-14(13)18(22)16-9-19-11-25-16/h2-4,6,8-9,11,18H,5,7,10H2,1H3,(H,20,21). The van der Waals surface area contributed by atoms with E-state index in [9.17, 15) is 4.79 Å². The molecular weight excluding hydrogens is 320 g/mol. The third-order valence-corrected chi connectivity index (χ3v) is 4.46. The number of nitrogens with one attached hydrogen (secondary N) is 1. The average molecular weight is 338 g/mol. The molecule has 0 saturated carbocycles. The third-order valence-electron chi connectivity index (χ3n) is 4.46. The highest BCUT2D eigenvalue weighted by molar-refractivity contribution is 5.78. The molecule has 25 heavy (non-hydrogen) atoms. The lowest BCUT2D eigenvalue weighted by molar-refractivity contribution is -0.134. The first-order valence-electron chi connectivity index (χ1n) is 8.07. The summed E-state index contributed by atoms with van der Waals surface area (Å²) in [4.78, 5) is 18.5. The molecule has 0 bridgehead atoms. The van der Waals surface area contributed by atoms with Gasteiger partial charge in [0.1, 0.15) is 6.04 Å². The number of hydrogen-bond donors (Lipinski definition) is 1. The molecule has 4 rings (SSSR count). The van der Waals surface area contributed by atoms with Crippen LogP contribution in [0.4, 0.5) is 0 Å². The van der Waals surface area contributed by atoms with Gasteiger partial charge in [0.05, 0.1) is 24.9 Å². The number of fused-ring (bicyclic) bond motifs is 1. The molecule has 0 fully saturated rings. The lowest BCUT2D eigenvalue weighted by atomic mass is 9.99. The van der Waals surface area contributed by atoms with Crippen LogP contribution >= 0.6 is 0 Å². The number of carbonyl (C=O) groups is 1. The number of carbonyl (C=O) groups excluding carboxylic acids is 1. The number of hydrogen-bond acceptors (Lipinski definition) is 5. The number of oxazole rings is 1. The molecule has 1 aliphatic heterocycles. The Kier molecular flexibility index (Phi) is 4.07. The van der Waals surface area contributed by atoms with Gasteiger partial charge in [-0.3, -0.25) is 9.89 Å². The van der Waals surface area contributed by atoms with Crippen LogP contribution in [-0.4, -0.2) is 39.7 Å². The number of nitrogens with zero attached hydrogens (tertiary/aromatic N) is 3. The van der Waals surface area contributed by atoms with E-state index in [4.69, 9.17) is 9.15 Å². The summed E-state index contributed by atoms with van der Waals surface area (Å²) in [6, 6.07) is 7.83. The van der Waals surface area contributed by atoms with E-state index in [1.165, 1.54) is 6.39 Å². The molecule has 1 atom stereocenters. The van der Waals surface area contributed by atoms with Crippen LogP contribution in [0.2, 0.25) is 0 Å². The molecule has 3 aromatic rings. The summed E-state index contributed by atoms with van der Waals surface area (Å²) in [5, 5.41) is 6.97. The van der Waals surface area contributed by atoms with Gasteiger partial charge >= 0.3 is 0 Å². The van der Waals surface area contributed by atoms with Crippen LogP contribution in [0.3, 0.4) is 0 Å². The van der Waals surface area contributed by atoms with Crippen LogP contribution in [0.5, 0.6) is 0 Å². The highest BCUT2D eigenvalue weighted by Gasteiger charge is 2.36. The summed E-state index contributed by atoms with van der Waals surface area (Å²) in [6.45, 7) is 0.930. The molecule has 2 aromatic heterocycles. The molecule has 0 aliphatic carbocycles. The molecule has 1 N–H and O–H groups in total. The van der Waals surface area contributed by atoms with E-state index in [1.54, 1.807) is 19.5 Å². The molecule has 1 aromatic carbocycles. The van der Waals surface area contributed by atoms with Crippen LogP contribution < -0.4 is 0 Å². The summed E-state index contributed by atoms with van der Waals surface area (Å²) in [5.41, 5.74) is 4.15. The number of benzene rings is 1. The third kappa shape index (κ3) is 2.83. The van der Waals surface area contributed by atoms with Gasteiger partial charge in [0, 0.05) is 19.9 Å². The monoisotopic (exact) mass is 338 g/mol. The number of aromatic nitrogens is 3. The quantitative estimate of drug-likeness (QED) is 0.773. The lowest BCUT2D eigenvalue weighted by Crippen LogP contribution is -2.30. The van der Waals surface area contributed by atoms with Crippen molar-refractivity contribution >= 4 is 5.91 Å². The number of rotatable bonds is 5. The van der Waals surface area contributed by atoms with E-state index in [2.05, 4.69) is 21.2 Å². The fourth-order valence-corrected chi connectivity index (χ4v) is 3.27. The summed E-state index contributed by atoms with van der Waals surface area (Å²) >= 11 is 0. The smallest absolute Gasteiger partial charge is 0.226 e. The molecule has 0 spiro atoms. The second-order valence-corrected chi connectivity index (χ2v) is 5.95. The number of amides is 1. The summed E-state index contributed by atoms with van der Waals surface area (Å²) in [7, 11) is 1.59. The van der Waals surface area contributed by atoms with Gasteiger partial charge in [0.2, 0.25) is 5.91 Å². The van der Waals surface area contributed by atoms with E-state index < -0.39 is 0 Å². The zero-order chi connectivity index (χ0) is 17.2. The van der Waals surface area contributed by atoms with Crippen molar-refractivity contribution in [3.05, 3.63) is 59.9 Å². The predicted molar refractivity (Wildman–Crippen MR) is 89.4 cm³/mol.